The molecule has 0 unspecified atom stereocenters. The van der Waals surface area contributed by atoms with Gasteiger partial charge in [0.15, 0.2) is 0 Å². The summed E-state index contributed by atoms with van der Waals surface area (Å²) in [5.74, 6) is 0.574. The molecule has 31 heavy (non-hydrogen) atoms. The predicted molar refractivity (Wildman–Crippen MR) is 123 cm³/mol. The van der Waals surface area contributed by atoms with Crippen LogP contribution in [-0.4, -0.2) is 41.1 Å². The van der Waals surface area contributed by atoms with E-state index >= 15 is 0 Å². The first-order chi connectivity index (χ1) is 15.1. The second-order valence-corrected chi connectivity index (χ2v) is 9.35. The fourth-order valence-corrected chi connectivity index (χ4v) is 6.15. The fraction of sp³-hybridized carbons (Fsp3) is 0.217. The number of hydrogen-bond donors (Lipinski definition) is 1. The highest BCUT2D eigenvalue weighted by molar-refractivity contribution is 8.00. The van der Waals surface area contributed by atoms with E-state index < -0.39 is 12.0 Å². The fourth-order valence-electron chi connectivity index (χ4n) is 3.86. The number of rotatable bonds is 5. The van der Waals surface area contributed by atoms with Crippen molar-refractivity contribution in [2.75, 3.05) is 12.9 Å². The molecule has 6 nitrogen and oxygen atoms in total. The van der Waals surface area contributed by atoms with Crippen molar-refractivity contribution in [1.29, 1.82) is 0 Å². The van der Waals surface area contributed by atoms with Crippen LogP contribution in [-0.2, 0) is 20.9 Å². The zero-order chi connectivity index (χ0) is 21.5. The summed E-state index contributed by atoms with van der Waals surface area (Å²) >= 11 is 3.21. The Labute approximate surface area is 187 Å². The van der Waals surface area contributed by atoms with Crippen LogP contribution in [0.2, 0.25) is 0 Å². The van der Waals surface area contributed by atoms with Crippen molar-refractivity contribution < 1.29 is 19.1 Å². The minimum Gasteiger partial charge on any atom is -0.497 e. The molecular weight excluding hydrogens is 432 g/mol. The lowest BCUT2D eigenvalue weighted by molar-refractivity contribution is -0.151. The van der Waals surface area contributed by atoms with Gasteiger partial charge in [-0.2, -0.15) is 0 Å². The molecule has 8 heteroatoms. The summed E-state index contributed by atoms with van der Waals surface area (Å²) in [5, 5.41) is 2.88. The van der Waals surface area contributed by atoms with Gasteiger partial charge in [0.05, 0.1) is 7.11 Å². The number of carbonyl (C=O) groups is 2. The van der Waals surface area contributed by atoms with Crippen LogP contribution < -0.4 is 10.5 Å². The van der Waals surface area contributed by atoms with Crippen LogP contribution in [0.15, 0.2) is 59.6 Å². The minimum absolute atomic E-state index is 0.107. The van der Waals surface area contributed by atoms with Crippen LogP contribution in [0.25, 0.3) is 15.7 Å². The van der Waals surface area contributed by atoms with Gasteiger partial charge in [-0.3, -0.25) is 9.69 Å². The summed E-state index contributed by atoms with van der Waals surface area (Å²) in [7, 11) is 1.60. The first kappa shape index (κ1) is 20.1. The van der Waals surface area contributed by atoms with Crippen molar-refractivity contribution in [2.24, 2.45) is 5.73 Å². The average Bonchev–Trinajstić information content (AvgIpc) is 3.25. The van der Waals surface area contributed by atoms with Gasteiger partial charge < -0.3 is 15.2 Å². The van der Waals surface area contributed by atoms with Gasteiger partial charge >= 0.3 is 5.97 Å². The Balaban J connectivity index is 1.50. The van der Waals surface area contributed by atoms with Gasteiger partial charge in [-0.15, -0.1) is 23.1 Å². The van der Waals surface area contributed by atoms with E-state index in [1.807, 2.05) is 47.8 Å². The number of thiophene rings is 1. The number of ether oxygens (including phenoxy) is 2. The van der Waals surface area contributed by atoms with Gasteiger partial charge in [-0.1, -0.05) is 30.3 Å². The van der Waals surface area contributed by atoms with Gasteiger partial charge in [0.2, 0.25) is 5.91 Å². The molecule has 0 radical (unpaired) electrons. The van der Waals surface area contributed by atoms with E-state index in [1.54, 1.807) is 30.2 Å². The summed E-state index contributed by atoms with van der Waals surface area (Å²) in [6.45, 7) is 0.107. The third kappa shape index (κ3) is 3.40. The second kappa shape index (κ2) is 8.03. The Hall–Kier alpha value is -2.81. The molecule has 2 aromatic carbocycles. The molecule has 1 fully saturated rings. The maximum absolute atomic E-state index is 13.2. The Bertz CT molecular complexity index is 1200. The number of nitrogens with two attached hydrogens (primary N) is 1. The smallest absolute Gasteiger partial charge is 0.355 e. The van der Waals surface area contributed by atoms with Crippen LogP contribution in [0.5, 0.6) is 5.75 Å². The van der Waals surface area contributed by atoms with Crippen molar-refractivity contribution in [2.45, 2.75) is 18.0 Å². The van der Waals surface area contributed by atoms with Crippen molar-refractivity contribution in [1.82, 2.24) is 4.90 Å². The molecular formula is C23H20N2O4S2. The Morgan fingerprint density at radius 2 is 1.97 bits per heavy atom. The number of thioether (sulfide) groups is 1. The second-order valence-electron chi connectivity index (χ2n) is 7.33. The van der Waals surface area contributed by atoms with E-state index in [2.05, 4.69) is 6.07 Å². The number of hydrogen-bond acceptors (Lipinski definition) is 7. The number of esters is 1. The van der Waals surface area contributed by atoms with E-state index in [1.165, 1.54) is 4.90 Å². The van der Waals surface area contributed by atoms with E-state index in [-0.39, 0.29) is 17.9 Å². The molecule has 0 saturated carbocycles. The first-order valence-corrected chi connectivity index (χ1v) is 11.7. The number of fused-ring (bicyclic) bond motifs is 2. The topological polar surface area (TPSA) is 81.9 Å². The number of carbonyl (C=O) groups excluding carboxylic acids is 2. The molecule has 2 N–H and O–H groups in total. The van der Waals surface area contributed by atoms with Gasteiger partial charge in [0, 0.05) is 21.4 Å². The highest BCUT2D eigenvalue weighted by atomic mass is 32.2. The van der Waals surface area contributed by atoms with Crippen LogP contribution in [0.1, 0.15) is 11.1 Å². The average molecular weight is 453 g/mol. The van der Waals surface area contributed by atoms with Crippen molar-refractivity contribution in [3.63, 3.8) is 0 Å². The number of benzene rings is 2. The maximum atomic E-state index is 13.2. The SMILES string of the molecule is COc1ccc(COC(=O)C2=C(c3csc4ccccc34)CS[C@H]3[C@H](N)C(=O)N23)cc1. The molecule has 1 amide bonds. The maximum Gasteiger partial charge on any atom is 0.355 e. The molecule has 1 saturated heterocycles. The standard InChI is InChI=1S/C23H20N2O4S2/c1-28-14-8-6-13(7-9-14)10-29-23(27)20-17(12-31-22-19(24)21(26)25(20)22)16-11-30-18-5-3-2-4-15(16)18/h2-9,11,19,22H,10,12,24H2,1H3/t19-,22+/m1/s1. The Kier molecular flexibility index (Phi) is 5.21. The zero-order valence-corrected chi connectivity index (χ0v) is 18.4. The van der Waals surface area contributed by atoms with E-state index in [0.29, 0.717) is 11.4 Å². The molecule has 2 aliphatic heterocycles. The monoisotopic (exact) mass is 452 g/mol. The third-order valence-electron chi connectivity index (χ3n) is 5.54. The van der Waals surface area contributed by atoms with E-state index in [9.17, 15) is 9.59 Å². The van der Waals surface area contributed by atoms with Crippen LogP contribution in [0.4, 0.5) is 0 Å². The van der Waals surface area contributed by atoms with Gasteiger partial charge in [-0.25, -0.2) is 4.79 Å². The summed E-state index contributed by atoms with van der Waals surface area (Å²) in [6.07, 6.45) is 0. The van der Waals surface area contributed by atoms with Gasteiger partial charge in [-0.05, 0) is 34.7 Å². The van der Waals surface area contributed by atoms with Crippen molar-refractivity contribution in [3.05, 3.63) is 70.7 Å². The lowest BCUT2D eigenvalue weighted by Gasteiger charge is -2.48. The molecule has 3 heterocycles. The normalized spacial score (nSPS) is 20.5. The van der Waals surface area contributed by atoms with Crippen LogP contribution >= 0.6 is 23.1 Å². The molecule has 0 bridgehead atoms. The van der Waals surface area contributed by atoms with E-state index in [4.69, 9.17) is 15.2 Å². The molecule has 1 aromatic heterocycles. The molecule has 3 aromatic rings. The van der Waals surface area contributed by atoms with Gasteiger partial charge in [0.25, 0.3) is 0 Å². The lowest BCUT2D eigenvalue weighted by Crippen LogP contribution is -2.68. The number of nitrogens with zero attached hydrogens (tertiary/aromatic N) is 1. The van der Waals surface area contributed by atoms with Crippen molar-refractivity contribution >= 4 is 50.6 Å². The van der Waals surface area contributed by atoms with Crippen molar-refractivity contribution in [3.8, 4) is 5.75 Å². The predicted octanol–water partition coefficient (Wildman–Crippen LogP) is 3.61. The minimum atomic E-state index is -0.588. The highest BCUT2D eigenvalue weighted by Crippen LogP contribution is 2.45. The molecule has 2 atom stereocenters. The van der Waals surface area contributed by atoms with Gasteiger partial charge in [0.1, 0.15) is 29.5 Å². The first-order valence-electron chi connectivity index (χ1n) is 9.78. The third-order valence-corrected chi connectivity index (χ3v) is 7.80. The Morgan fingerprint density at radius 3 is 2.74 bits per heavy atom. The van der Waals surface area contributed by atoms with E-state index in [0.717, 1.165) is 32.5 Å². The summed E-state index contributed by atoms with van der Waals surface area (Å²) < 4.78 is 11.9. The summed E-state index contributed by atoms with van der Waals surface area (Å²) in [5.41, 5.74) is 8.93. The highest BCUT2D eigenvalue weighted by Gasteiger charge is 2.52. The molecule has 0 spiro atoms. The van der Waals surface area contributed by atoms with Crippen LogP contribution in [0.3, 0.4) is 0 Å². The zero-order valence-electron chi connectivity index (χ0n) is 16.7. The number of amides is 1. The molecule has 158 valence electrons. The molecule has 2 aliphatic rings. The number of methoxy groups -OCH3 is 1. The number of β-lactam (4-membered cyclic amide) rings is 1. The quantitative estimate of drug-likeness (QED) is 0.471. The summed E-state index contributed by atoms with van der Waals surface area (Å²) in [6, 6.07) is 14.8. The molecule has 0 aliphatic carbocycles. The lowest BCUT2D eigenvalue weighted by atomic mass is 9.99. The Morgan fingerprint density at radius 1 is 1.19 bits per heavy atom. The van der Waals surface area contributed by atoms with Crippen LogP contribution in [0, 0.1) is 0 Å². The molecule has 5 rings (SSSR count). The largest absolute Gasteiger partial charge is 0.497 e. The summed E-state index contributed by atoms with van der Waals surface area (Å²) in [4.78, 5) is 27.3.